The summed E-state index contributed by atoms with van der Waals surface area (Å²) in [6.45, 7) is 5.09. The number of benzene rings is 1. The van der Waals surface area contributed by atoms with Crippen molar-refractivity contribution in [3.8, 4) is 17.6 Å². The summed E-state index contributed by atoms with van der Waals surface area (Å²) in [6.07, 6.45) is -9.17. The average Bonchev–Trinajstić information content (AvgIpc) is 2.41. The van der Waals surface area contributed by atoms with Gasteiger partial charge in [0.15, 0.2) is 0 Å². The number of alkyl halides is 4. The first-order valence-corrected chi connectivity index (χ1v) is 6.90. The van der Waals surface area contributed by atoms with Gasteiger partial charge in [0.05, 0.1) is 6.54 Å². The van der Waals surface area contributed by atoms with Crippen molar-refractivity contribution in [3.63, 3.8) is 0 Å². The molecule has 1 rings (SSSR count). The van der Waals surface area contributed by atoms with E-state index in [9.17, 15) is 22.4 Å². The van der Waals surface area contributed by atoms with E-state index in [-0.39, 0.29) is 12.1 Å². The van der Waals surface area contributed by atoms with Crippen LogP contribution in [-0.2, 0) is 4.74 Å². The number of halogens is 4. The Morgan fingerprint density at radius 1 is 1.29 bits per heavy atom. The van der Waals surface area contributed by atoms with Gasteiger partial charge in [0.2, 0.25) is 0 Å². The second-order valence-electron chi connectivity index (χ2n) is 5.65. The van der Waals surface area contributed by atoms with Crippen LogP contribution in [0.15, 0.2) is 24.3 Å². The van der Waals surface area contributed by atoms with Crippen LogP contribution in [-0.4, -0.2) is 30.8 Å². The van der Waals surface area contributed by atoms with Gasteiger partial charge in [0.1, 0.15) is 11.4 Å². The van der Waals surface area contributed by atoms with Gasteiger partial charge in [-0.05, 0) is 39.0 Å². The molecule has 1 N–H and O–H groups in total. The fraction of sp³-hybridized carbons (Fsp3) is 0.438. The molecule has 0 aliphatic carbocycles. The molecule has 0 aromatic heterocycles. The second-order valence-corrected chi connectivity index (χ2v) is 5.65. The molecule has 1 aromatic carbocycles. The number of hydrogen-bond donors (Lipinski definition) is 1. The molecule has 1 amide bonds. The van der Waals surface area contributed by atoms with Crippen molar-refractivity contribution in [1.29, 1.82) is 0 Å². The molecule has 0 radical (unpaired) electrons. The number of nitrogens with one attached hydrogen (secondary N) is 1. The van der Waals surface area contributed by atoms with Crippen molar-refractivity contribution in [2.45, 2.75) is 38.9 Å². The molecule has 0 atom stereocenters. The highest BCUT2D eigenvalue weighted by molar-refractivity contribution is 5.68. The van der Waals surface area contributed by atoms with Crippen LogP contribution >= 0.6 is 0 Å². The predicted molar refractivity (Wildman–Crippen MR) is 79.1 cm³/mol. The summed E-state index contributed by atoms with van der Waals surface area (Å²) in [7, 11) is 0. The molecule has 24 heavy (non-hydrogen) atoms. The van der Waals surface area contributed by atoms with Crippen molar-refractivity contribution in [2.75, 3.05) is 6.54 Å². The number of alkyl carbamates (subject to hydrolysis) is 1. The molecular weight excluding hydrogens is 330 g/mol. The molecule has 0 heterocycles. The maximum atomic E-state index is 12.8. The Kier molecular flexibility index (Phi) is 6.46. The van der Waals surface area contributed by atoms with E-state index < -0.39 is 30.0 Å². The van der Waals surface area contributed by atoms with Crippen LogP contribution in [0.4, 0.5) is 22.4 Å². The van der Waals surface area contributed by atoms with Gasteiger partial charge in [-0.3, -0.25) is 0 Å². The lowest BCUT2D eigenvalue weighted by atomic mass is 10.2. The molecule has 0 saturated heterocycles. The van der Waals surface area contributed by atoms with E-state index in [0.29, 0.717) is 0 Å². The summed E-state index contributed by atoms with van der Waals surface area (Å²) in [5.74, 6) is 4.73. The van der Waals surface area contributed by atoms with Crippen LogP contribution < -0.4 is 10.1 Å². The second kappa shape index (κ2) is 7.90. The summed E-state index contributed by atoms with van der Waals surface area (Å²) in [5, 5.41) is 2.39. The molecular formula is C16H17F4NO3. The fourth-order valence-electron chi connectivity index (χ4n) is 1.42. The Hall–Kier alpha value is -2.43. The van der Waals surface area contributed by atoms with E-state index in [4.69, 9.17) is 4.74 Å². The summed E-state index contributed by atoms with van der Waals surface area (Å²) in [4.78, 5) is 11.4. The topological polar surface area (TPSA) is 47.6 Å². The Bertz CT molecular complexity index is 630. The molecule has 4 nitrogen and oxygen atoms in total. The SMILES string of the molecule is CC(C)(C)OC(=O)NCC#Cc1cccc(OC(F)(F)C(F)F)c1. The van der Waals surface area contributed by atoms with Gasteiger partial charge in [0.25, 0.3) is 0 Å². The van der Waals surface area contributed by atoms with Crippen molar-refractivity contribution in [1.82, 2.24) is 5.32 Å². The largest absolute Gasteiger partial charge is 0.461 e. The van der Waals surface area contributed by atoms with E-state index in [2.05, 4.69) is 21.9 Å². The van der Waals surface area contributed by atoms with Crippen molar-refractivity contribution in [3.05, 3.63) is 29.8 Å². The molecule has 0 spiro atoms. The maximum absolute atomic E-state index is 12.8. The molecule has 8 heteroatoms. The lowest BCUT2D eigenvalue weighted by molar-refractivity contribution is -0.253. The molecule has 132 valence electrons. The third kappa shape index (κ3) is 7.22. The average molecular weight is 347 g/mol. The Labute approximate surface area is 137 Å². The van der Waals surface area contributed by atoms with Crippen molar-refractivity contribution < 1.29 is 31.8 Å². The highest BCUT2D eigenvalue weighted by Crippen LogP contribution is 2.27. The summed E-state index contributed by atoms with van der Waals surface area (Å²) in [5.41, 5.74) is -0.373. The number of carbonyl (C=O) groups excluding carboxylic acids is 1. The summed E-state index contributed by atoms with van der Waals surface area (Å²) < 4.78 is 58.8. The van der Waals surface area contributed by atoms with E-state index in [1.165, 1.54) is 12.1 Å². The van der Waals surface area contributed by atoms with Crippen LogP contribution in [0.5, 0.6) is 5.75 Å². The van der Waals surface area contributed by atoms with Crippen molar-refractivity contribution in [2.24, 2.45) is 0 Å². The third-order valence-electron chi connectivity index (χ3n) is 2.29. The third-order valence-corrected chi connectivity index (χ3v) is 2.29. The Morgan fingerprint density at radius 3 is 2.54 bits per heavy atom. The number of hydrogen-bond acceptors (Lipinski definition) is 3. The van der Waals surface area contributed by atoms with Crippen LogP contribution in [0.2, 0.25) is 0 Å². The molecule has 1 aromatic rings. The fourth-order valence-corrected chi connectivity index (χ4v) is 1.42. The van der Waals surface area contributed by atoms with Gasteiger partial charge >= 0.3 is 18.6 Å². The van der Waals surface area contributed by atoms with Gasteiger partial charge in [-0.1, -0.05) is 17.9 Å². The van der Waals surface area contributed by atoms with Crippen molar-refractivity contribution >= 4 is 6.09 Å². The van der Waals surface area contributed by atoms with E-state index >= 15 is 0 Å². The maximum Gasteiger partial charge on any atom is 0.461 e. The zero-order chi connectivity index (χ0) is 18.4. The van der Waals surface area contributed by atoms with E-state index in [1.807, 2.05) is 0 Å². The molecule has 0 bridgehead atoms. The molecule has 0 aliphatic rings. The quantitative estimate of drug-likeness (QED) is 0.666. The number of rotatable bonds is 4. The van der Waals surface area contributed by atoms with E-state index in [0.717, 1.165) is 12.1 Å². The summed E-state index contributed by atoms with van der Waals surface area (Å²) >= 11 is 0. The minimum absolute atomic E-state index is 0.0345. The monoisotopic (exact) mass is 347 g/mol. The predicted octanol–water partition coefficient (Wildman–Crippen LogP) is 3.80. The van der Waals surface area contributed by atoms with Crippen LogP contribution in [0.1, 0.15) is 26.3 Å². The van der Waals surface area contributed by atoms with Crippen LogP contribution in [0.25, 0.3) is 0 Å². The van der Waals surface area contributed by atoms with E-state index in [1.54, 1.807) is 20.8 Å². The first-order chi connectivity index (χ1) is 11.0. The first-order valence-electron chi connectivity index (χ1n) is 6.90. The minimum Gasteiger partial charge on any atom is -0.444 e. The standard InChI is InChI=1S/C16H17F4NO3/c1-15(2,3)24-14(22)21-9-5-7-11-6-4-8-12(10-11)23-16(19,20)13(17)18/h4,6,8,10,13H,9H2,1-3H3,(H,21,22). The zero-order valence-corrected chi connectivity index (χ0v) is 13.3. The lowest BCUT2D eigenvalue weighted by Gasteiger charge is -2.19. The van der Waals surface area contributed by atoms with Crippen LogP contribution in [0.3, 0.4) is 0 Å². The van der Waals surface area contributed by atoms with Gasteiger partial charge in [0, 0.05) is 5.56 Å². The summed E-state index contributed by atoms with van der Waals surface area (Å²) in [6, 6.07) is 5.02. The van der Waals surface area contributed by atoms with Gasteiger partial charge in [-0.25, -0.2) is 4.79 Å². The van der Waals surface area contributed by atoms with Gasteiger partial charge < -0.3 is 14.8 Å². The minimum atomic E-state index is -4.58. The molecule has 0 unspecified atom stereocenters. The normalized spacial score (nSPS) is 11.5. The lowest BCUT2D eigenvalue weighted by Crippen LogP contribution is -2.33. The van der Waals surface area contributed by atoms with Crippen LogP contribution in [0, 0.1) is 11.8 Å². The Balaban J connectivity index is 2.62. The first kappa shape index (κ1) is 19.6. The highest BCUT2D eigenvalue weighted by Gasteiger charge is 2.43. The number of ether oxygens (including phenoxy) is 2. The Morgan fingerprint density at radius 2 is 1.96 bits per heavy atom. The van der Waals surface area contributed by atoms with Gasteiger partial charge in [-0.2, -0.15) is 17.6 Å². The highest BCUT2D eigenvalue weighted by atomic mass is 19.3. The number of amides is 1. The molecule has 0 aliphatic heterocycles. The van der Waals surface area contributed by atoms with Gasteiger partial charge in [-0.15, -0.1) is 0 Å². The smallest absolute Gasteiger partial charge is 0.444 e. The zero-order valence-electron chi connectivity index (χ0n) is 13.3. The molecule has 0 saturated carbocycles. The molecule has 0 fully saturated rings. The number of carbonyl (C=O) groups is 1.